The monoisotopic (exact) mass is 460 g/mol. The average Bonchev–Trinajstić information content (AvgIpc) is 3.06. The molecule has 1 heterocycles. The maximum Gasteiger partial charge on any atom is 0.242 e. The van der Waals surface area contributed by atoms with E-state index < -0.39 is 6.04 Å². The number of nitrogens with zero attached hydrogens (tertiary/aromatic N) is 2. The molecule has 0 saturated carbocycles. The summed E-state index contributed by atoms with van der Waals surface area (Å²) in [5, 5.41) is 3.57. The fourth-order valence-corrected chi connectivity index (χ4v) is 3.77. The number of amides is 2. The lowest BCUT2D eigenvalue weighted by molar-refractivity contribution is -0.133. The Morgan fingerprint density at radius 3 is 2.31 bits per heavy atom. The third kappa shape index (κ3) is 6.96. The van der Waals surface area contributed by atoms with E-state index in [9.17, 15) is 9.59 Å². The molecular weight excluding hydrogens is 431 g/mol. The molecule has 0 aliphatic heterocycles. The highest BCUT2D eigenvalue weighted by atomic mass is 35.5. The van der Waals surface area contributed by atoms with Gasteiger partial charge in [0.1, 0.15) is 5.01 Å². The third-order valence-electron chi connectivity index (χ3n) is 4.64. The number of carbonyl (C=O) groups excluding carboxylic acids is 2. The predicted octanol–water partition coefficient (Wildman–Crippen LogP) is 3.58. The van der Waals surface area contributed by atoms with Crippen LogP contribution in [0.15, 0.2) is 30.3 Å². The van der Waals surface area contributed by atoms with Crippen LogP contribution in [0.1, 0.15) is 37.4 Å². The molecule has 0 bridgehead atoms. The van der Waals surface area contributed by atoms with Crippen LogP contribution in [0.25, 0.3) is 10.6 Å². The van der Waals surface area contributed by atoms with Crippen molar-refractivity contribution in [3.63, 3.8) is 0 Å². The van der Waals surface area contributed by atoms with Gasteiger partial charge in [-0.15, -0.1) is 36.2 Å². The lowest BCUT2D eigenvalue weighted by atomic mass is 10.1. The third-order valence-corrected chi connectivity index (χ3v) is 6.02. The van der Waals surface area contributed by atoms with Gasteiger partial charge in [0, 0.05) is 12.6 Å². The molecule has 2 atom stereocenters. The van der Waals surface area contributed by atoms with Gasteiger partial charge in [-0.1, -0.05) is 44.2 Å². The Balaban J connectivity index is 0.00000392. The molecule has 0 aliphatic rings. The summed E-state index contributed by atoms with van der Waals surface area (Å²) in [5.41, 5.74) is 7.78. The van der Waals surface area contributed by atoms with E-state index in [1.807, 2.05) is 58.0 Å². The second kappa shape index (κ2) is 12.1. The Hall–Kier alpha value is -1.67. The molecule has 0 fully saturated rings. The van der Waals surface area contributed by atoms with Crippen LogP contribution >= 0.6 is 36.2 Å². The number of carbonyl (C=O) groups is 2. The molecule has 2 amide bonds. The Kier molecular flexibility index (Phi) is 11.4. The zero-order valence-corrected chi connectivity index (χ0v) is 19.8. The predicted molar refractivity (Wildman–Crippen MR) is 124 cm³/mol. The van der Waals surface area contributed by atoms with Crippen molar-refractivity contribution in [1.82, 2.24) is 15.2 Å². The summed E-state index contributed by atoms with van der Waals surface area (Å²) in [6, 6.07) is 9.23. The molecule has 1 aromatic heterocycles. The molecule has 0 aliphatic carbocycles. The number of hydrogen-bond donors (Lipinski definition) is 2. The molecule has 6 nitrogen and oxygen atoms in total. The SMILES string of the molecule is Cc1nc(-c2ccccc2)sc1C(C)N(C)C(=O)CNC(=O)[C@@H](N)C(C)C.Cl.Cl. The molecule has 9 heteroatoms. The van der Waals surface area contributed by atoms with Gasteiger partial charge in [-0.3, -0.25) is 9.59 Å². The van der Waals surface area contributed by atoms with E-state index in [1.165, 1.54) is 0 Å². The molecule has 1 aromatic carbocycles. The van der Waals surface area contributed by atoms with Crippen LogP contribution in [0.3, 0.4) is 0 Å². The van der Waals surface area contributed by atoms with Gasteiger partial charge >= 0.3 is 0 Å². The summed E-state index contributed by atoms with van der Waals surface area (Å²) in [7, 11) is 1.74. The zero-order valence-electron chi connectivity index (χ0n) is 17.3. The van der Waals surface area contributed by atoms with Crippen LogP contribution < -0.4 is 11.1 Å². The molecular formula is C20H30Cl2N4O2S. The maximum absolute atomic E-state index is 12.5. The van der Waals surface area contributed by atoms with Crippen LogP contribution in [0, 0.1) is 12.8 Å². The normalized spacial score (nSPS) is 12.4. The molecule has 3 N–H and O–H groups in total. The average molecular weight is 461 g/mol. The summed E-state index contributed by atoms with van der Waals surface area (Å²) >= 11 is 1.59. The highest BCUT2D eigenvalue weighted by molar-refractivity contribution is 7.15. The first-order chi connectivity index (χ1) is 12.7. The van der Waals surface area contributed by atoms with E-state index in [0.29, 0.717) is 0 Å². The topological polar surface area (TPSA) is 88.3 Å². The number of aryl methyl sites for hydroxylation is 1. The van der Waals surface area contributed by atoms with E-state index in [2.05, 4.69) is 10.3 Å². The number of nitrogens with one attached hydrogen (secondary N) is 1. The molecule has 2 aromatic rings. The Morgan fingerprint density at radius 1 is 1.17 bits per heavy atom. The maximum atomic E-state index is 12.5. The van der Waals surface area contributed by atoms with E-state index in [0.717, 1.165) is 21.1 Å². The van der Waals surface area contributed by atoms with Crippen molar-refractivity contribution in [2.75, 3.05) is 13.6 Å². The van der Waals surface area contributed by atoms with Crippen molar-refractivity contribution in [3.05, 3.63) is 40.9 Å². The first kappa shape index (κ1) is 27.3. The summed E-state index contributed by atoms with van der Waals surface area (Å²) in [6.45, 7) is 7.60. The highest BCUT2D eigenvalue weighted by Gasteiger charge is 2.24. The zero-order chi connectivity index (χ0) is 20.1. The molecule has 2 rings (SSSR count). The fraction of sp³-hybridized carbons (Fsp3) is 0.450. The molecule has 0 saturated heterocycles. The van der Waals surface area contributed by atoms with Crippen LogP contribution in [-0.4, -0.2) is 41.3 Å². The molecule has 1 unspecified atom stereocenters. The van der Waals surface area contributed by atoms with Crippen molar-refractivity contribution >= 4 is 48.0 Å². The number of halogens is 2. The number of likely N-dealkylation sites (N-methyl/N-ethyl adjacent to an activating group) is 1. The molecule has 162 valence electrons. The van der Waals surface area contributed by atoms with Crippen molar-refractivity contribution in [3.8, 4) is 10.6 Å². The van der Waals surface area contributed by atoms with Crippen LogP contribution in [0.5, 0.6) is 0 Å². The molecule has 0 radical (unpaired) electrons. The number of rotatable bonds is 7. The van der Waals surface area contributed by atoms with Crippen molar-refractivity contribution < 1.29 is 9.59 Å². The van der Waals surface area contributed by atoms with Gasteiger partial charge in [-0.25, -0.2) is 4.98 Å². The number of nitrogens with two attached hydrogens (primary N) is 1. The fourth-order valence-electron chi connectivity index (χ4n) is 2.60. The lowest BCUT2D eigenvalue weighted by Gasteiger charge is -2.25. The first-order valence-corrected chi connectivity index (χ1v) is 9.85. The minimum Gasteiger partial charge on any atom is -0.346 e. The van der Waals surface area contributed by atoms with Gasteiger partial charge in [0.2, 0.25) is 11.8 Å². The van der Waals surface area contributed by atoms with E-state index in [-0.39, 0.29) is 55.1 Å². The Labute approximate surface area is 189 Å². The smallest absolute Gasteiger partial charge is 0.242 e. The van der Waals surface area contributed by atoms with Gasteiger partial charge in [0.05, 0.1) is 29.2 Å². The number of thiazole rings is 1. The van der Waals surface area contributed by atoms with Crippen molar-refractivity contribution in [2.24, 2.45) is 11.7 Å². The minimum absolute atomic E-state index is 0. The second-order valence-corrected chi connectivity index (χ2v) is 8.03. The number of hydrogen-bond acceptors (Lipinski definition) is 5. The van der Waals surface area contributed by atoms with Gasteiger partial charge in [-0.2, -0.15) is 0 Å². The Morgan fingerprint density at radius 2 is 1.76 bits per heavy atom. The highest BCUT2D eigenvalue weighted by Crippen LogP contribution is 2.33. The van der Waals surface area contributed by atoms with Crippen LogP contribution in [-0.2, 0) is 9.59 Å². The minimum atomic E-state index is -0.613. The largest absolute Gasteiger partial charge is 0.346 e. The lowest BCUT2D eigenvalue weighted by Crippen LogP contribution is -2.47. The molecule has 0 spiro atoms. The quantitative estimate of drug-likeness (QED) is 0.660. The summed E-state index contributed by atoms with van der Waals surface area (Å²) < 4.78 is 0. The van der Waals surface area contributed by atoms with Crippen molar-refractivity contribution in [2.45, 2.75) is 39.8 Å². The summed E-state index contributed by atoms with van der Waals surface area (Å²) in [5.74, 6) is -0.450. The summed E-state index contributed by atoms with van der Waals surface area (Å²) in [4.78, 5) is 31.8. The number of benzene rings is 1. The number of aromatic nitrogens is 1. The Bertz CT molecular complexity index is 799. The van der Waals surface area contributed by atoms with Gasteiger partial charge in [-0.05, 0) is 19.8 Å². The molecule has 29 heavy (non-hydrogen) atoms. The van der Waals surface area contributed by atoms with Crippen LogP contribution in [0.4, 0.5) is 0 Å². The van der Waals surface area contributed by atoms with Crippen molar-refractivity contribution in [1.29, 1.82) is 0 Å². The van der Waals surface area contributed by atoms with E-state index in [4.69, 9.17) is 5.73 Å². The van der Waals surface area contributed by atoms with Gasteiger partial charge in [0.25, 0.3) is 0 Å². The summed E-state index contributed by atoms with van der Waals surface area (Å²) in [6.07, 6.45) is 0. The second-order valence-electron chi connectivity index (χ2n) is 7.00. The van der Waals surface area contributed by atoms with E-state index in [1.54, 1.807) is 23.3 Å². The first-order valence-electron chi connectivity index (χ1n) is 9.04. The van der Waals surface area contributed by atoms with Gasteiger partial charge in [0.15, 0.2) is 0 Å². The van der Waals surface area contributed by atoms with Crippen LogP contribution in [0.2, 0.25) is 0 Å². The van der Waals surface area contributed by atoms with E-state index >= 15 is 0 Å². The van der Waals surface area contributed by atoms with Gasteiger partial charge < -0.3 is 16.0 Å². The standard InChI is InChI=1S/C20H28N4O2S.2ClH/c1-12(2)17(21)19(26)22-11-16(25)24(5)14(4)18-13(3)23-20(27-18)15-9-7-6-8-10-15;;/h6-10,12,14,17H,11,21H2,1-5H3,(H,22,26);2*1H/t14?,17-;;/m0../s1.